The Morgan fingerprint density at radius 3 is 2.69 bits per heavy atom. The number of likely N-dealkylation sites (N-methyl/N-ethyl adjacent to an activating group) is 1. The maximum atomic E-state index is 12.1. The van der Waals surface area contributed by atoms with Gasteiger partial charge >= 0.3 is 0 Å². The van der Waals surface area contributed by atoms with Crippen LogP contribution < -0.4 is 15.4 Å². The van der Waals surface area contributed by atoms with Gasteiger partial charge < -0.3 is 25.0 Å². The Balaban J connectivity index is 1.70. The first-order chi connectivity index (χ1) is 15.6. The van der Waals surface area contributed by atoms with Gasteiger partial charge in [0, 0.05) is 39.4 Å². The Morgan fingerprint density at radius 2 is 2.00 bits per heavy atom. The summed E-state index contributed by atoms with van der Waals surface area (Å²) in [6, 6.07) is 8.38. The molecule has 1 aromatic carbocycles. The summed E-state index contributed by atoms with van der Waals surface area (Å²) in [5.74, 6) is 1.52. The molecule has 2 aliphatic heterocycles. The number of nitrogens with one attached hydrogen (secondary N) is 2. The zero-order valence-electron chi connectivity index (χ0n) is 19.8. The number of nitrogens with zero attached hydrogens (tertiary/aromatic N) is 3. The zero-order valence-corrected chi connectivity index (χ0v) is 19.8. The van der Waals surface area contributed by atoms with E-state index in [9.17, 15) is 4.79 Å². The van der Waals surface area contributed by atoms with Crippen LogP contribution in [0.2, 0.25) is 0 Å². The van der Waals surface area contributed by atoms with E-state index in [1.807, 2.05) is 12.1 Å². The third-order valence-electron chi connectivity index (χ3n) is 6.18. The average molecular weight is 446 g/mol. The van der Waals surface area contributed by atoms with Gasteiger partial charge in [0.15, 0.2) is 5.96 Å². The number of para-hydroxylation sites is 1. The fraction of sp³-hybridized carbons (Fsp3) is 0.667. The molecule has 8 heteroatoms. The van der Waals surface area contributed by atoms with Gasteiger partial charge in [0.25, 0.3) is 0 Å². The van der Waals surface area contributed by atoms with Crippen LogP contribution in [0.5, 0.6) is 5.75 Å². The summed E-state index contributed by atoms with van der Waals surface area (Å²) in [4.78, 5) is 20.7. The van der Waals surface area contributed by atoms with Crippen molar-refractivity contribution < 1.29 is 14.3 Å². The molecule has 0 saturated carbocycles. The predicted molar refractivity (Wildman–Crippen MR) is 127 cm³/mol. The van der Waals surface area contributed by atoms with Gasteiger partial charge in [-0.05, 0) is 51.3 Å². The second-order valence-electron chi connectivity index (χ2n) is 8.70. The van der Waals surface area contributed by atoms with E-state index in [0.29, 0.717) is 19.0 Å². The van der Waals surface area contributed by atoms with Crippen LogP contribution in [-0.4, -0.2) is 88.3 Å². The Morgan fingerprint density at radius 1 is 1.22 bits per heavy atom. The third-order valence-corrected chi connectivity index (χ3v) is 6.18. The molecule has 0 spiro atoms. The number of methoxy groups -OCH3 is 1. The topological polar surface area (TPSA) is 78.4 Å². The van der Waals surface area contributed by atoms with Gasteiger partial charge in [-0.1, -0.05) is 18.2 Å². The van der Waals surface area contributed by atoms with Crippen LogP contribution in [0, 0.1) is 0 Å². The molecule has 0 aromatic heterocycles. The van der Waals surface area contributed by atoms with Gasteiger partial charge in [-0.3, -0.25) is 9.69 Å². The lowest BCUT2D eigenvalue weighted by Gasteiger charge is -2.30. The molecule has 2 N–H and O–H groups in total. The smallest absolute Gasteiger partial charge is 0.243 e. The molecule has 32 heavy (non-hydrogen) atoms. The number of ether oxygens (including phenoxy) is 2. The highest BCUT2D eigenvalue weighted by atomic mass is 16.5. The predicted octanol–water partition coefficient (Wildman–Crippen LogP) is 2.02. The SMILES string of the molecule is COc1ccccc1C(CNC(=NCC(=O)N(C)C)NCC1CCCCO1)N1CCCC1. The molecular weight excluding hydrogens is 406 g/mol. The van der Waals surface area contributed by atoms with Gasteiger partial charge in [-0.2, -0.15) is 0 Å². The van der Waals surface area contributed by atoms with Crippen molar-refractivity contribution in [2.45, 2.75) is 44.2 Å². The fourth-order valence-electron chi connectivity index (χ4n) is 4.27. The summed E-state index contributed by atoms with van der Waals surface area (Å²) in [7, 11) is 5.22. The maximum absolute atomic E-state index is 12.1. The Labute approximate surface area is 192 Å². The number of amides is 1. The van der Waals surface area contributed by atoms with Gasteiger partial charge in [0.1, 0.15) is 12.3 Å². The van der Waals surface area contributed by atoms with Crippen molar-refractivity contribution in [3.63, 3.8) is 0 Å². The van der Waals surface area contributed by atoms with E-state index in [2.05, 4.69) is 32.7 Å². The van der Waals surface area contributed by atoms with Crippen LogP contribution in [0.15, 0.2) is 29.3 Å². The maximum Gasteiger partial charge on any atom is 0.243 e. The Kier molecular flexibility index (Phi) is 9.62. The molecule has 2 unspecified atom stereocenters. The third kappa shape index (κ3) is 7.10. The number of likely N-dealkylation sites (tertiary alicyclic amines) is 1. The van der Waals surface area contributed by atoms with Crippen LogP contribution in [0.4, 0.5) is 0 Å². The standard InChI is InChI=1S/C24H39N5O3/c1-28(2)23(30)18-27-24(25-16-19-10-6-9-15-32-19)26-17-21(29-13-7-8-14-29)20-11-4-5-12-22(20)31-3/h4-5,11-12,19,21H,6-10,13-18H2,1-3H3,(H2,25,26,27). The van der Waals surface area contributed by atoms with Crippen molar-refractivity contribution in [1.29, 1.82) is 0 Å². The molecule has 0 radical (unpaired) electrons. The van der Waals surface area contributed by atoms with E-state index in [1.54, 1.807) is 26.1 Å². The molecule has 178 valence electrons. The summed E-state index contributed by atoms with van der Waals surface area (Å²) in [6.07, 6.45) is 5.97. The van der Waals surface area contributed by atoms with E-state index < -0.39 is 0 Å². The first kappa shape index (κ1) is 24.3. The number of hydrogen-bond donors (Lipinski definition) is 2. The quantitative estimate of drug-likeness (QED) is 0.447. The monoisotopic (exact) mass is 445 g/mol. The van der Waals surface area contributed by atoms with Gasteiger partial charge in [0.05, 0.1) is 19.3 Å². The van der Waals surface area contributed by atoms with E-state index in [-0.39, 0.29) is 24.6 Å². The minimum absolute atomic E-state index is 0.0270. The summed E-state index contributed by atoms with van der Waals surface area (Å²) >= 11 is 0. The van der Waals surface area contributed by atoms with Gasteiger partial charge in [-0.25, -0.2) is 4.99 Å². The number of carbonyl (C=O) groups excluding carboxylic acids is 1. The van der Waals surface area contributed by atoms with E-state index in [1.165, 1.54) is 24.8 Å². The highest BCUT2D eigenvalue weighted by molar-refractivity contribution is 5.84. The lowest BCUT2D eigenvalue weighted by Crippen LogP contribution is -2.46. The summed E-state index contributed by atoms with van der Waals surface area (Å²) < 4.78 is 11.5. The van der Waals surface area contributed by atoms with Crippen molar-refractivity contribution >= 4 is 11.9 Å². The lowest BCUT2D eigenvalue weighted by molar-refractivity contribution is -0.127. The number of aliphatic imine (C=N–C) groups is 1. The molecule has 3 rings (SSSR count). The summed E-state index contributed by atoms with van der Waals surface area (Å²) in [5, 5.41) is 6.90. The molecule has 0 bridgehead atoms. The molecule has 2 fully saturated rings. The second kappa shape index (κ2) is 12.6. The molecule has 1 amide bonds. The van der Waals surface area contributed by atoms with Crippen LogP contribution in [0.1, 0.15) is 43.7 Å². The van der Waals surface area contributed by atoms with Crippen LogP contribution in [0.3, 0.4) is 0 Å². The highest BCUT2D eigenvalue weighted by Crippen LogP contribution is 2.31. The molecule has 2 heterocycles. The summed E-state index contributed by atoms with van der Waals surface area (Å²) in [6.45, 7) is 4.42. The van der Waals surface area contributed by atoms with Crippen molar-refractivity contribution in [2.24, 2.45) is 4.99 Å². The molecule has 8 nitrogen and oxygen atoms in total. The van der Waals surface area contributed by atoms with Crippen LogP contribution in [-0.2, 0) is 9.53 Å². The molecule has 2 aliphatic rings. The first-order valence-corrected chi connectivity index (χ1v) is 11.8. The number of rotatable bonds is 9. The normalized spacial score (nSPS) is 20.6. The summed E-state index contributed by atoms with van der Waals surface area (Å²) in [5.41, 5.74) is 1.17. The first-order valence-electron chi connectivity index (χ1n) is 11.8. The van der Waals surface area contributed by atoms with Crippen molar-refractivity contribution in [1.82, 2.24) is 20.4 Å². The minimum Gasteiger partial charge on any atom is -0.496 e. The van der Waals surface area contributed by atoms with E-state index >= 15 is 0 Å². The van der Waals surface area contributed by atoms with Crippen LogP contribution >= 0.6 is 0 Å². The fourth-order valence-corrected chi connectivity index (χ4v) is 4.27. The molecule has 1 aromatic rings. The van der Waals surface area contributed by atoms with Crippen molar-refractivity contribution in [2.75, 3.05) is 60.5 Å². The van der Waals surface area contributed by atoms with E-state index in [4.69, 9.17) is 9.47 Å². The zero-order chi connectivity index (χ0) is 22.8. The molecule has 2 atom stereocenters. The number of guanidine groups is 1. The molecule has 0 aliphatic carbocycles. The average Bonchev–Trinajstić information content (AvgIpc) is 3.35. The Bertz CT molecular complexity index is 743. The largest absolute Gasteiger partial charge is 0.496 e. The number of carbonyl (C=O) groups is 1. The number of hydrogen-bond acceptors (Lipinski definition) is 5. The number of benzene rings is 1. The Hall–Kier alpha value is -2.32. The van der Waals surface area contributed by atoms with Crippen LogP contribution in [0.25, 0.3) is 0 Å². The van der Waals surface area contributed by atoms with Gasteiger partial charge in [0.2, 0.25) is 5.91 Å². The lowest BCUT2D eigenvalue weighted by atomic mass is 10.0. The molecule has 2 saturated heterocycles. The van der Waals surface area contributed by atoms with E-state index in [0.717, 1.165) is 38.3 Å². The van der Waals surface area contributed by atoms with Crippen molar-refractivity contribution in [3.8, 4) is 5.75 Å². The minimum atomic E-state index is -0.0270. The highest BCUT2D eigenvalue weighted by Gasteiger charge is 2.26. The van der Waals surface area contributed by atoms with Gasteiger partial charge in [-0.15, -0.1) is 0 Å². The van der Waals surface area contributed by atoms with Crippen molar-refractivity contribution in [3.05, 3.63) is 29.8 Å². The molecular formula is C24H39N5O3. The second-order valence-corrected chi connectivity index (χ2v) is 8.70.